The minimum absolute atomic E-state index is 0.0434. The molecule has 2 aromatic heterocycles. The summed E-state index contributed by atoms with van der Waals surface area (Å²) in [6.45, 7) is 1.64. The number of benzene rings is 2. The van der Waals surface area contributed by atoms with Gasteiger partial charge >= 0.3 is 0 Å². The van der Waals surface area contributed by atoms with Crippen molar-refractivity contribution < 1.29 is 13.2 Å². The zero-order chi connectivity index (χ0) is 19.0. The number of pyridine rings is 1. The number of hydrogen-bond donors (Lipinski definition) is 2. The number of hydrogen-bond acceptors (Lipinski definition) is 5. The summed E-state index contributed by atoms with van der Waals surface area (Å²) in [4.78, 5) is 7.99. The van der Waals surface area contributed by atoms with Crippen LogP contribution in [-0.4, -0.2) is 31.2 Å². The number of aromatic amines is 1. The molecule has 0 bridgehead atoms. The Balaban J connectivity index is 1.92. The fraction of sp³-hybridized carbons (Fsp3) is 0.150. The molecule has 0 radical (unpaired) electrons. The third kappa shape index (κ3) is 2.90. The lowest BCUT2D eigenvalue weighted by Gasteiger charge is -2.12. The van der Waals surface area contributed by atoms with Crippen LogP contribution in [0, 0.1) is 0 Å². The zero-order valence-electron chi connectivity index (χ0n) is 15.0. The maximum atomic E-state index is 12.4. The van der Waals surface area contributed by atoms with Gasteiger partial charge in [0.05, 0.1) is 40.0 Å². The number of H-pyrrole nitrogens is 1. The summed E-state index contributed by atoms with van der Waals surface area (Å²) in [7, 11) is -1.72. The maximum Gasteiger partial charge on any atom is 0.180 e. The first-order valence-corrected chi connectivity index (χ1v) is 10.2. The van der Waals surface area contributed by atoms with E-state index in [-0.39, 0.29) is 10.6 Å². The second kappa shape index (κ2) is 6.59. The van der Waals surface area contributed by atoms with E-state index < -0.39 is 9.84 Å². The first kappa shape index (κ1) is 17.4. The van der Waals surface area contributed by atoms with Crippen LogP contribution in [0.5, 0.6) is 5.75 Å². The van der Waals surface area contributed by atoms with E-state index in [9.17, 15) is 8.42 Å². The number of nitrogens with one attached hydrogen (secondary N) is 2. The Morgan fingerprint density at radius 1 is 1.07 bits per heavy atom. The second-order valence-electron chi connectivity index (χ2n) is 6.11. The average Bonchev–Trinajstić information content (AvgIpc) is 3.08. The molecule has 7 heteroatoms. The SMILES string of the molecule is CCS(=O)(=O)c1ccccc1Nc1ccnc2[nH]c3c(OC)cccc3c12. The molecule has 4 rings (SSSR count). The van der Waals surface area contributed by atoms with Crippen LogP contribution >= 0.6 is 0 Å². The molecule has 0 atom stereocenters. The highest BCUT2D eigenvalue weighted by atomic mass is 32.2. The van der Waals surface area contributed by atoms with E-state index in [4.69, 9.17) is 4.74 Å². The number of para-hydroxylation sites is 2. The summed E-state index contributed by atoms with van der Waals surface area (Å²) in [5, 5.41) is 5.13. The summed E-state index contributed by atoms with van der Waals surface area (Å²) in [5.41, 5.74) is 2.88. The molecule has 0 unspecified atom stereocenters. The van der Waals surface area contributed by atoms with Crippen molar-refractivity contribution in [3.63, 3.8) is 0 Å². The fourth-order valence-corrected chi connectivity index (χ4v) is 4.28. The van der Waals surface area contributed by atoms with Gasteiger partial charge in [0.2, 0.25) is 0 Å². The molecule has 0 saturated heterocycles. The molecule has 0 aliphatic heterocycles. The number of nitrogens with zero attached hydrogens (tertiary/aromatic N) is 1. The first-order chi connectivity index (χ1) is 13.0. The summed E-state index contributed by atoms with van der Waals surface area (Å²) in [5.74, 6) is 0.771. The Bertz CT molecular complexity index is 1250. The molecule has 4 aromatic rings. The topological polar surface area (TPSA) is 84.1 Å². The van der Waals surface area contributed by atoms with E-state index >= 15 is 0 Å². The number of anilines is 2. The normalized spacial score (nSPS) is 11.8. The number of methoxy groups -OCH3 is 1. The highest BCUT2D eigenvalue weighted by Crippen LogP contribution is 2.36. The van der Waals surface area contributed by atoms with Crippen LogP contribution in [-0.2, 0) is 9.84 Å². The highest BCUT2D eigenvalue weighted by molar-refractivity contribution is 7.91. The van der Waals surface area contributed by atoms with E-state index in [0.29, 0.717) is 11.3 Å². The van der Waals surface area contributed by atoms with E-state index in [0.717, 1.165) is 27.7 Å². The Kier molecular flexibility index (Phi) is 4.24. The van der Waals surface area contributed by atoms with Crippen molar-refractivity contribution >= 4 is 43.1 Å². The number of rotatable bonds is 5. The van der Waals surface area contributed by atoms with Gasteiger partial charge < -0.3 is 15.0 Å². The van der Waals surface area contributed by atoms with Crippen molar-refractivity contribution in [1.29, 1.82) is 0 Å². The Labute approximate surface area is 157 Å². The van der Waals surface area contributed by atoms with Crippen LogP contribution in [0.2, 0.25) is 0 Å². The summed E-state index contributed by atoms with van der Waals surface area (Å²) >= 11 is 0. The number of sulfone groups is 1. The molecule has 0 aliphatic carbocycles. The van der Waals surface area contributed by atoms with Crippen LogP contribution in [0.25, 0.3) is 21.9 Å². The quantitative estimate of drug-likeness (QED) is 0.540. The van der Waals surface area contributed by atoms with Gasteiger partial charge in [0, 0.05) is 11.6 Å². The third-order valence-corrected chi connectivity index (χ3v) is 6.37. The fourth-order valence-electron chi connectivity index (χ4n) is 3.23. The van der Waals surface area contributed by atoms with E-state index in [2.05, 4.69) is 15.3 Å². The van der Waals surface area contributed by atoms with Crippen LogP contribution in [0.4, 0.5) is 11.4 Å². The molecule has 2 aromatic carbocycles. The number of fused-ring (bicyclic) bond motifs is 3. The van der Waals surface area contributed by atoms with Gasteiger partial charge in [-0.05, 0) is 24.3 Å². The van der Waals surface area contributed by atoms with Gasteiger partial charge in [0.15, 0.2) is 9.84 Å². The lowest BCUT2D eigenvalue weighted by molar-refractivity contribution is 0.419. The second-order valence-corrected chi connectivity index (χ2v) is 8.36. The van der Waals surface area contributed by atoms with Crippen molar-refractivity contribution in [3.05, 3.63) is 54.7 Å². The van der Waals surface area contributed by atoms with E-state index in [1.54, 1.807) is 38.4 Å². The Morgan fingerprint density at radius 2 is 1.89 bits per heavy atom. The Morgan fingerprint density at radius 3 is 2.67 bits per heavy atom. The van der Waals surface area contributed by atoms with Crippen LogP contribution in [0.15, 0.2) is 59.6 Å². The van der Waals surface area contributed by atoms with E-state index in [1.807, 2.05) is 30.3 Å². The van der Waals surface area contributed by atoms with Gasteiger partial charge in [-0.2, -0.15) is 0 Å². The molecular weight excluding hydrogens is 362 g/mol. The van der Waals surface area contributed by atoms with Crippen molar-refractivity contribution in [2.75, 3.05) is 18.2 Å². The average molecular weight is 381 g/mol. The maximum absolute atomic E-state index is 12.4. The molecule has 27 heavy (non-hydrogen) atoms. The Hall–Kier alpha value is -3.06. The molecule has 0 amide bonds. The van der Waals surface area contributed by atoms with Gasteiger partial charge in [-0.25, -0.2) is 13.4 Å². The van der Waals surface area contributed by atoms with Gasteiger partial charge in [-0.15, -0.1) is 0 Å². The monoisotopic (exact) mass is 381 g/mol. The number of ether oxygens (including phenoxy) is 1. The molecule has 0 spiro atoms. The third-order valence-electron chi connectivity index (χ3n) is 4.58. The van der Waals surface area contributed by atoms with E-state index in [1.165, 1.54) is 0 Å². The number of aromatic nitrogens is 2. The highest BCUT2D eigenvalue weighted by Gasteiger charge is 2.18. The largest absolute Gasteiger partial charge is 0.495 e. The summed E-state index contributed by atoms with van der Waals surface area (Å²) in [6, 6.07) is 14.6. The molecule has 138 valence electrons. The molecule has 2 N–H and O–H groups in total. The first-order valence-electron chi connectivity index (χ1n) is 8.57. The minimum atomic E-state index is -3.35. The van der Waals surface area contributed by atoms with Gasteiger partial charge in [0.25, 0.3) is 0 Å². The molecule has 0 saturated carbocycles. The van der Waals surface area contributed by atoms with Gasteiger partial charge in [-0.3, -0.25) is 0 Å². The van der Waals surface area contributed by atoms with Crippen LogP contribution in [0.3, 0.4) is 0 Å². The molecule has 6 nitrogen and oxygen atoms in total. The predicted octanol–water partition coefficient (Wildman–Crippen LogP) is 4.26. The van der Waals surface area contributed by atoms with Crippen molar-refractivity contribution in [3.8, 4) is 5.75 Å². The molecule has 0 aliphatic rings. The molecular formula is C20H19N3O3S. The standard InChI is InChI=1S/C20H19N3O3S/c1-3-27(24,25)17-10-5-4-8-14(17)22-15-11-12-21-20-18(15)13-7-6-9-16(26-2)19(13)23-20/h4-12H,3H2,1-2H3,(H2,21,22,23). The van der Waals surface area contributed by atoms with Crippen LogP contribution in [0.1, 0.15) is 6.92 Å². The smallest absolute Gasteiger partial charge is 0.180 e. The van der Waals surface area contributed by atoms with Crippen molar-refractivity contribution in [1.82, 2.24) is 9.97 Å². The molecule has 0 fully saturated rings. The predicted molar refractivity (Wildman–Crippen MR) is 108 cm³/mol. The van der Waals surface area contributed by atoms with Crippen molar-refractivity contribution in [2.24, 2.45) is 0 Å². The van der Waals surface area contributed by atoms with Gasteiger partial charge in [0.1, 0.15) is 11.4 Å². The summed E-state index contributed by atoms with van der Waals surface area (Å²) in [6.07, 6.45) is 1.68. The summed E-state index contributed by atoms with van der Waals surface area (Å²) < 4.78 is 30.3. The lowest BCUT2D eigenvalue weighted by Crippen LogP contribution is -2.07. The van der Waals surface area contributed by atoms with Crippen LogP contribution < -0.4 is 10.1 Å². The van der Waals surface area contributed by atoms with Crippen molar-refractivity contribution in [2.45, 2.75) is 11.8 Å². The minimum Gasteiger partial charge on any atom is -0.495 e. The molecule has 2 heterocycles. The van der Waals surface area contributed by atoms with Gasteiger partial charge in [-0.1, -0.05) is 31.2 Å². The lowest BCUT2D eigenvalue weighted by atomic mass is 10.1. The zero-order valence-corrected chi connectivity index (χ0v) is 15.8.